The summed E-state index contributed by atoms with van der Waals surface area (Å²) in [4.78, 5) is 11.5. The molecule has 0 aliphatic heterocycles. The summed E-state index contributed by atoms with van der Waals surface area (Å²) in [6.07, 6.45) is 0.510. The molecule has 0 bridgehead atoms. The maximum atomic E-state index is 11.5. The Morgan fingerprint density at radius 2 is 2.20 bits per heavy atom. The van der Waals surface area contributed by atoms with Gasteiger partial charge in [0.05, 0.1) is 5.56 Å². The van der Waals surface area contributed by atoms with Crippen molar-refractivity contribution in [3.8, 4) is 5.75 Å². The molecule has 1 amide bonds. The van der Waals surface area contributed by atoms with Gasteiger partial charge in [-0.25, -0.2) is 0 Å². The molecule has 4 nitrogen and oxygen atoms in total. The number of aliphatic hydroxyl groups is 1. The first-order chi connectivity index (χ1) is 7.15. The zero-order valence-electron chi connectivity index (χ0n) is 8.03. The number of nitrogens with one attached hydrogen (secondary N) is 1. The summed E-state index contributed by atoms with van der Waals surface area (Å²) < 4.78 is 0.887. The minimum absolute atomic E-state index is 0.0306. The number of hydrogen-bond donors (Lipinski definition) is 3. The monoisotopic (exact) mass is 321 g/mol. The zero-order valence-corrected chi connectivity index (χ0v) is 10.2. The van der Waals surface area contributed by atoms with Crippen LogP contribution >= 0.6 is 22.6 Å². The van der Waals surface area contributed by atoms with Gasteiger partial charge in [-0.15, -0.1) is 0 Å². The third kappa shape index (κ3) is 3.67. The van der Waals surface area contributed by atoms with Crippen LogP contribution in [0.15, 0.2) is 18.2 Å². The molecule has 0 heterocycles. The zero-order chi connectivity index (χ0) is 11.3. The van der Waals surface area contributed by atoms with Gasteiger partial charge in [-0.3, -0.25) is 4.79 Å². The van der Waals surface area contributed by atoms with Crippen LogP contribution in [0.3, 0.4) is 0 Å². The largest absolute Gasteiger partial charge is 0.507 e. The fraction of sp³-hybridized carbons (Fsp3) is 0.300. The molecule has 0 saturated heterocycles. The van der Waals surface area contributed by atoms with Gasteiger partial charge in [-0.1, -0.05) is 0 Å². The molecular formula is C10H12INO3. The lowest BCUT2D eigenvalue weighted by atomic mass is 10.2. The molecule has 0 aromatic heterocycles. The average Bonchev–Trinajstić information content (AvgIpc) is 2.22. The van der Waals surface area contributed by atoms with Crippen molar-refractivity contribution in [2.45, 2.75) is 6.42 Å². The highest BCUT2D eigenvalue weighted by Crippen LogP contribution is 2.19. The number of phenolic OH excluding ortho intramolecular Hbond substituents is 1. The van der Waals surface area contributed by atoms with Crippen LogP contribution in [0.1, 0.15) is 16.8 Å². The maximum absolute atomic E-state index is 11.5. The third-order valence-electron chi connectivity index (χ3n) is 1.82. The number of benzene rings is 1. The van der Waals surface area contributed by atoms with Crippen LogP contribution in [0.4, 0.5) is 0 Å². The van der Waals surface area contributed by atoms with E-state index in [9.17, 15) is 9.90 Å². The standard InChI is InChI=1S/C10H12INO3/c11-7-2-3-9(14)8(6-7)10(15)12-4-1-5-13/h2-3,6,13-14H,1,4-5H2,(H,12,15). The molecule has 0 atom stereocenters. The van der Waals surface area contributed by atoms with E-state index in [-0.39, 0.29) is 23.8 Å². The number of carbonyl (C=O) groups excluding carboxylic acids is 1. The summed E-state index contributed by atoms with van der Waals surface area (Å²) in [5.41, 5.74) is 0.264. The highest BCUT2D eigenvalue weighted by atomic mass is 127. The molecular weight excluding hydrogens is 309 g/mol. The van der Waals surface area contributed by atoms with Crippen molar-refractivity contribution in [2.75, 3.05) is 13.2 Å². The molecule has 82 valence electrons. The fourth-order valence-corrected chi connectivity index (χ4v) is 1.56. The second-order valence-electron chi connectivity index (χ2n) is 2.99. The van der Waals surface area contributed by atoms with Gasteiger partial charge in [0.1, 0.15) is 5.75 Å². The first kappa shape index (κ1) is 12.3. The highest BCUT2D eigenvalue weighted by Gasteiger charge is 2.10. The van der Waals surface area contributed by atoms with Crippen LogP contribution < -0.4 is 5.32 Å². The summed E-state index contributed by atoms with van der Waals surface area (Å²) in [5, 5.41) is 20.6. The third-order valence-corrected chi connectivity index (χ3v) is 2.49. The van der Waals surface area contributed by atoms with Crippen molar-refractivity contribution in [1.82, 2.24) is 5.32 Å². The number of aromatic hydroxyl groups is 1. The van der Waals surface area contributed by atoms with Crippen molar-refractivity contribution >= 4 is 28.5 Å². The molecule has 0 radical (unpaired) electrons. The first-order valence-corrected chi connectivity index (χ1v) is 5.60. The lowest BCUT2D eigenvalue weighted by Gasteiger charge is -2.06. The summed E-state index contributed by atoms with van der Waals surface area (Å²) in [7, 11) is 0. The number of carbonyl (C=O) groups is 1. The second-order valence-corrected chi connectivity index (χ2v) is 4.24. The van der Waals surface area contributed by atoms with E-state index in [2.05, 4.69) is 27.9 Å². The minimum atomic E-state index is -0.320. The lowest BCUT2D eigenvalue weighted by molar-refractivity contribution is 0.0948. The van der Waals surface area contributed by atoms with Gasteiger partial charge in [0.2, 0.25) is 0 Å². The van der Waals surface area contributed by atoms with E-state index in [0.29, 0.717) is 13.0 Å². The molecule has 3 N–H and O–H groups in total. The Morgan fingerprint density at radius 3 is 2.87 bits per heavy atom. The van der Waals surface area contributed by atoms with Gasteiger partial charge in [-0.05, 0) is 47.2 Å². The SMILES string of the molecule is O=C(NCCCO)c1cc(I)ccc1O. The van der Waals surface area contributed by atoms with Crippen LogP contribution in [0.2, 0.25) is 0 Å². The summed E-state index contributed by atoms with van der Waals surface area (Å²) in [6, 6.07) is 4.83. The van der Waals surface area contributed by atoms with Crippen LogP contribution in [-0.4, -0.2) is 29.3 Å². The summed E-state index contributed by atoms with van der Waals surface area (Å²) in [6.45, 7) is 0.443. The molecule has 1 aromatic carbocycles. The topological polar surface area (TPSA) is 69.6 Å². The van der Waals surface area contributed by atoms with Crippen LogP contribution in [-0.2, 0) is 0 Å². The first-order valence-electron chi connectivity index (χ1n) is 4.52. The number of phenols is 1. The molecule has 0 aliphatic carbocycles. The normalized spacial score (nSPS) is 10.0. The van der Waals surface area contributed by atoms with Gasteiger partial charge < -0.3 is 15.5 Å². The number of hydrogen-bond acceptors (Lipinski definition) is 3. The van der Waals surface area contributed by atoms with Gasteiger partial charge >= 0.3 is 0 Å². The van der Waals surface area contributed by atoms with Crippen LogP contribution in [0.25, 0.3) is 0 Å². The Morgan fingerprint density at radius 1 is 1.47 bits per heavy atom. The van der Waals surface area contributed by atoms with Crippen molar-refractivity contribution in [3.05, 3.63) is 27.3 Å². The molecule has 1 rings (SSSR count). The van der Waals surface area contributed by atoms with Gasteiger partial charge in [0, 0.05) is 16.7 Å². The summed E-state index contributed by atoms with van der Waals surface area (Å²) in [5.74, 6) is -0.351. The number of amides is 1. The Labute approximate surface area is 101 Å². The molecule has 0 fully saturated rings. The summed E-state index contributed by atoms with van der Waals surface area (Å²) >= 11 is 2.07. The molecule has 0 aliphatic rings. The van der Waals surface area contributed by atoms with Crippen molar-refractivity contribution in [3.63, 3.8) is 0 Å². The van der Waals surface area contributed by atoms with Gasteiger partial charge in [0.15, 0.2) is 0 Å². The molecule has 1 aromatic rings. The number of halogens is 1. The second kappa shape index (κ2) is 5.92. The van der Waals surface area contributed by atoms with Gasteiger partial charge in [0.25, 0.3) is 5.91 Å². The Hall–Kier alpha value is -0.820. The molecule has 5 heteroatoms. The predicted octanol–water partition coefficient (Wildman–Crippen LogP) is 1.11. The van der Waals surface area contributed by atoms with Crippen molar-refractivity contribution < 1.29 is 15.0 Å². The molecule has 0 unspecified atom stereocenters. The smallest absolute Gasteiger partial charge is 0.255 e. The lowest BCUT2D eigenvalue weighted by Crippen LogP contribution is -2.25. The van der Waals surface area contributed by atoms with Crippen molar-refractivity contribution in [1.29, 1.82) is 0 Å². The van der Waals surface area contributed by atoms with E-state index in [1.165, 1.54) is 6.07 Å². The fourth-order valence-electron chi connectivity index (χ4n) is 1.07. The predicted molar refractivity (Wildman–Crippen MR) is 64.9 cm³/mol. The maximum Gasteiger partial charge on any atom is 0.255 e. The van der Waals surface area contributed by atoms with E-state index in [1.54, 1.807) is 12.1 Å². The van der Waals surface area contributed by atoms with Gasteiger partial charge in [-0.2, -0.15) is 0 Å². The number of aliphatic hydroxyl groups excluding tert-OH is 1. The van der Waals surface area contributed by atoms with E-state index >= 15 is 0 Å². The minimum Gasteiger partial charge on any atom is -0.507 e. The Kier molecular flexibility index (Phi) is 4.83. The van der Waals surface area contributed by atoms with E-state index in [0.717, 1.165) is 3.57 Å². The van der Waals surface area contributed by atoms with E-state index < -0.39 is 0 Å². The van der Waals surface area contributed by atoms with E-state index in [4.69, 9.17) is 5.11 Å². The van der Waals surface area contributed by atoms with Crippen LogP contribution in [0.5, 0.6) is 5.75 Å². The Bertz CT molecular complexity index is 355. The molecule has 0 spiro atoms. The number of rotatable bonds is 4. The quantitative estimate of drug-likeness (QED) is 0.575. The van der Waals surface area contributed by atoms with Crippen molar-refractivity contribution in [2.24, 2.45) is 0 Å². The molecule has 15 heavy (non-hydrogen) atoms. The average molecular weight is 321 g/mol. The highest BCUT2D eigenvalue weighted by molar-refractivity contribution is 14.1. The Balaban J connectivity index is 2.68. The molecule has 0 saturated carbocycles. The van der Waals surface area contributed by atoms with Crippen LogP contribution in [0, 0.1) is 3.57 Å². The van der Waals surface area contributed by atoms with E-state index in [1.807, 2.05) is 0 Å².